The molecule has 2 N–H and O–H groups in total. The van der Waals surface area contributed by atoms with Gasteiger partial charge in [0.15, 0.2) is 0 Å². The summed E-state index contributed by atoms with van der Waals surface area (Å²) < 4.78 is 0. The van der Waals surface area contributed by atoms with Crippen molar-refractivity contribution in [2.24, 2.45) is 0 Å². The van der Waals surface area contributed by atoms with Crippen molar-refractivity contribution in [2.75, 3.05) is 13.1 Å². The zero-order chi connectivity index (χ0) is 16.4. The maximum Gasteiger partial charge on any atom is 0.322 e. The first-order valence-electron chi connectivity index (χ1n) is 7.35. The molecule has 2 aliphatic heterocycles. The second kappa shape index (κ2) is 6.04. The molecule has 23 heavy (non-hydrogen) atoms. The van der Waals surface area contributed by atoms with Gasteiger partial charge in [0.05, 0.1) is 0 Å². The van der Waals surface area contributed by atoms with Crippen LogP contribution in [0.2, 0.25) is 5.02 Å². The van der Waals surface area contributed by atoms with Crippen LogP contribution in [-0.2, 0) is 9.59 Å². The molecule has 0 atom stereocenters. The molecule has 0 unspecified atom stereocenters. The molecule has 2 fully saturated rings. The molecule has 0 radical (unpaired) electrons. The van der Waals surface area contributed by atoms with Gasteiger partial charge in [-0.25, -0.2) is 4.79 Å². The molecule has 1 aromatic carbocycles. The summed E-state index contributed by atoms with van der Waals surface area (Å²) in [6.45, 7) is 0.856. The van der Waals surface area contributed by atoms with Crippen molar-refractivity contribution in [1.29, 1.82) is 0 Å². The van der Waals surface area contributed by atoms with Gasteiger partial charge in [0.2, 0.25) is 5.91 Å². The van der Waals surface area contributed by atoms with Gasteiger partial charge in [-0.3, -0.25) is 14.9 Å². The van der Waals surface area contributed by atoms with Crippen LogP contribution in [0.15, 0.2) is 30.3 Å². The van der Waals surface area contributed by atoms with Gasteiger partial charge in [0.25, 0.3) is 5.91 Å². The molecule has 6 nitrogen and oxygen atoms in total. The van der Waals surface area contributed by atoms with E-state index in [1.54, 1.807) is 23.1 Å². The molecule has 2 heterocycles. The number of rotatable bonds is 2. The number of likely N-dealkylation sites (tertiary alicyclic amines) is 1. The highest BCUT2D eigenvalue weighted by molar-refractivity contribution is 6.30. The van der Waals surface area contributed by atoms with Gasteiger partial charge >= 0.3 is 6.03 Å². The third-order valence-corrected chi connectivity index (χ3v) is 4.48. The van der Waals surface area contributed by atoms with E-state index in [0.29, 0.717) is 31.0 Å². The van der Waals surface area contributed by atoms with E-state index in [9.17, 15) is 14.4 Å². The highest BCUT2D eigenvalue weighted by atomic mass is 35.5. The third-order valence-electron chi connectivity index (χ3n) is 4.23. The number of halogens is 1. The van der Waals surface area contributed by atoms with Crippen molar-refractivity contribution in [2.45, 2.75) is 18.4 Å². The van der Waals surface area contributed by atoms with Gasteiger partial charge in [0, 0.05) is 24.2 Å². The van der Waals surface area contributed by atoms with Crippen LogP contribution >= 0.6 is 11.6 Å². The Hall–Kier alpha value is -2.34. The monoisotopic (exact) mass is 333 g/mol. The minimum atomic E-state index is -0.853. The van der Waals surface area contributed by atoms with Crippen LogP contribution in [0.25, 0.3) is 6.08 Å². The molecule has 0 bridgehead atoms. The lowest BCUT2D eigenvalue weighted by atomic mass is 9.87. The number of nitrogens with zero attached hydrogens (tertiary/aromatic N) is 1. The molecular formula is C16H16ClN3O3. The molecule has 2 aliphatic rings. The van der Waals surface area contributed by atoms with Gasteiger partial charge in [-0.2, -0.15) is 0 Å². The fraction of sp³-hybridized carbons (Fsp3) is 0.312. The molecule has 0 aromatic heterocycles. The van der Waals surface area contributed by atoms with Crippen molar-refractivity contribution >= 4 is 35.5 Å². The first kappa shape index (κ1) is 15.6. The standard InChI is InChI=1S/C16H16ClN3O3/c17-12-4-1-11(2-5-12)3-6-13(21)20-9-7-16(8-10-20)14(22)18-15(23)19-16/h1-6H,7-10H2,(H2,18,19,22,23)/b6-3+. The van der Waals surface area contributed by atoms with Crippen LogP contribution in [0.4, 0.5) is 4.79 Å². The van der Waals surface area contributed by atoms with Crippen LogP contribution in [0.5, 0.6) is 0 Å². The predicted octanol–water partition coefficient (Wildman–Crippen LogP) is 1.55. The van der Waals surface area contributed by atoms with E-state index in [1.807, 2.05) is 12.1 Å². The molecular weight excluding hydrogens is 318 g/mol. The molecule has 0 aliphatic carbocycles. The number of amides is 4. The maximum absolute atomic E-state index is 12.2. The zero-order valence-corrected chi connectivity index (χ0v) is 13.1. The van der Waals surface area contributed by atoms with E-state index >= 15 is 0 Å². The molecule has 1 aromatic rings. The summed E-state index contributed by atoms with van der Waals surface area (Å²) in [6, 6.07) is 6.72. The molecule has 120 valence electrons. The molecule has 4 amide bonds. The van der Waals surface area contributed by atoms with Crippen LogP contribution < -0.4 is 10.6 Å². The fourth-order valence-corrected chi connectivity index (χ4v) is 2.96. The van der Waals surface area contributed by atoms with Gasteiger partial charge in [-0.15, -0.1) is 0 Å². The summed E-state index contributed by atoms with van der Waals surface area (Å²) in [5.41, 5.74) is 0.0342. The molecule has 3 rings (SSSR count). The molecule has 1 spiro atoms. The summed E-state index contributed by atoms with van der Waals surface area (Å²) >= 11 is 5.82. The summed E-state index contributed by atoms with van der Waals surface area (Å²) in [5, 5.41) is 5.57. The summed E-state index contributed by atoms with van der Waals surface area (Å²) in [6.07, 6.45) is 4.08. The van der Waals surface area contributed by atoms with E-state index in [1.165, 1.54) is 6.08 Å². The van der Waals surface area contributed by atoms with Gasteiger partial charge in [-0.05, 0) is 36.6 Å². The number of urea groups is 1. The van der Waals surface area contributed by atoms with Crippen molar-refractivity contribution in [1.82, 2.24) is 15.5 Å². The fourth-order valence-electron chi connectivity index (χ4n) is 2.84. The van der Waals surface area contributed by atoms with Crippen LogP contribution in [0.1, 0.15) is 18.4 Å². The Morgan fingerprint density at radius 1 is 1.17 bits per heavy atom. The van der Waals surface area contributed by atoms with Crippen LogP contribution in [0.3, 0.4) is 0 Å². The van der Waals surface area contributed by atoms with Crippen molar-refractivity contribution in [3.05, 3.63) is 40.9 Å². The normalized spacial score (nSPS) is 20.0. The molecule has 2 saturated heterocycles. The minimum Gasteiger partial charge on any atom is -0.339 e. The average Bonchev–Trinajstić information content (AvgIpc) is 2.81. The number of imide groups is 1. The summed E-state index contributed by atoms with van der Waals surface area (Å²) in [7, 11) is 0. The number of nitrogens with one attached hydrogen (secondary N) is 2. The lowest BCUT2D eigenvalue weighted by Crippen LogP contribution is -2.55. The lowest BCUT2D eigenvalue weighted by molar-refractivity contribution is -0.132. The molecule has 0 saturated carbocycles. The Morgan fingerprint density at radius 3 is 2.39 bits per heavy atom. The Labute approximate surface area is 138 Å². The van der Waals surface area contributed by atoms with Gasteiger partial charge < -0.3 is 10.2 Å². The zero-order valence-electron chi connectivity index (χ0n) is 12.3. The van der Waals surface area contributed by atoms with E-state index in [-0.39, 0.29) is 11.8 Å². The second-order valence-corrected chi connectivity index (χ2v) is 6.14. The second-order valence-electron chi connectivity index (χ2n) is 5.70. The highest BCUT2D eigenvalue weighted by Gasteiger charge is 2.48. The highest BCUT2D eigenvalue weighted by Crippen LogP contribution is 2.25. The van der Waals surface area contributed by atoms with Crippen molar-refractivity contribution in [3.8, 4) is 0 Å². The number of piperidine rings is 1. The topological polar surface area (TPSA) is 78.5 Å². The van der Waals surface area contributed by atoms with Gasteiger partial charge in [0.1, 0.15) is 5.54 Å². The third kappa shape index (κ3) is 3.22. The summed E-state index contributed by atoms with van der Waals surface area (Å²) in [4.78, 5) is 37.0. The van der Waals surface area contributed by atoms with E-state index < -0.39 is 11.6 Å². The lowest BCUT2D eigenvalue weighted by Gasteiger charge is -2.36. The molecule has 7 heteroatoms. The number of benzene rings is 1. The van der Waals surface area contributed by atoms with Crippen molar-refractivity contribution < 1.29 is 14.4 Å². The smallest absolute Gasteiger partial charge is 0.322 e. The Balaban J connectivity index is 1.59. The largest absolute Gasteiger partial charge is 0.339 e. The van der Waals surface area contributed by atoms with E-state index in [2.05, 4.69) is 10.6 Å². The summed E-state index contributed by atoms with van der Waals surface area (Å²) in [5.74, 6) is -0.411. The number of carbonyl (C=O) groups excluding carboxylic acids is 3. The Bertz CT molecular complexity index is 676. The first-order valence-corrected chi connectivity index (χ1v) is 7.72. The van der Waals surface area contributed by atoms with Crippen LogP contribution in [-0.4, -0.2) is 41.4 Å². The van der Waals surface area contributed by atoms with Crippen LogP contribution in [0, 0.1) is 0 Å². The minimum absolute atomic E-state index is 0.112. The SMILES string of the molecule is O=C1NC(=O)C2(CCN(C(=O)/C=C/c3ccc(Cl)cc3)CC2)N1. The first-order chi connectivity index (χ1) is 11.0. The van der Waals surface area contributed by atoms with E-state index in [4.69, 9.17) is 11.6 Å². The number of hydrogen-bond acceptors (Lipinski definition) is 3. The quantitative estimate of drug-likeness (QED) is 0.636. The Morgan fingerprint density at radius 2 is 1.83 bits per heavy atom. The van der Waals surface area contributed by atoms with Gasteiger partial charge in [-0.1, -0.05) is 23.7 Å². The van der Waals surface area contributed by atoms with Crippen molar-refractivity contribution in [3.63, 3.8) is 0 Å². The maximum atomic E-state index is 12.2. The average molecular weight is 334 g/mol. The Kier molecular flexibility index (Phi) is 4.09. The van der Waals surface area contributed by atoms with E-state index in [0.717, 1.165) is 5.56 Å². The number of carbonyl (C=O) groups is 3. The number of hydrogen-bond donors (Lipinski definition) is 2. The predicted molar refractivity (Wildman–Crippen MR) is 85.7 cm³/mol.